The van der Waals surface area contributed by atoms with Crippen molar-refractivity contribution in [2.75, 3.05) is 18.2 Å². The van der Waals surface area contributed by atoms with Gasteiger partial charge in [0.25, 0.3) is 0 Å². The number of carbonyl (C=O) groups is 1. The van der Waals surface area contributed by atoms with Gasteiger partial charge < -0.3 is 19.8 Å². The Bertz CT molecular complexity index is 1200. The molecule has 0 atom stereocenters. The quantitative estimate of drug-likeness (QED) is 0.425. The van der Waals surface area contributed by atoms with Crippen molar-refractivity contribution in [3.8, 4) is 17.0 Å². The van der Waals surface area contributed by atoms with Gasteiger partial charge >= 0.3 is 6.09 Å². The van der Waals surface area contributed by atoms with Crippen molar-refractivity contribution in [1.29, 1.82) is 0 Å². The topological polar surface area (TPSA) is 78.5 Å². The van der Waals surface area contributed by atoms with E-state index >= 15 is 0 Å². The van der Waals surface area contributed by atoms with Crippen LogP contribution < -0.4 is 15.8 Å². The van der Waals surface area contributed by atoms with Crippen molar-refractivity contribution in [2.24, 2.45) is 0 Å². The summed E-state index contributed by atoms with van der Waals surface area (Å²) in [5, 5.41) is 3.75. The Labute approximate surface area is 181 Å². The maximum Gasteiger partial charge on any atom is 0.411 e. The van der Waals surface area contributed by atoms with E-state index < -0.39 is 6.09 Å². The van der Waals surface area contributed by atoms with E-state index in [0.717, 1.165) is 45.7 Å². The Kier molecular flexibility index (Phi) is 5.80. The summed E-state index contributed by atoms with van der Waals surface area (Å²) in [6.45, 7) is 3.07. The molecule has 1 aromatic heterocycles. The van der Waals surface area contributed by atoms with E-state index in [1.807, 2.05) is 72.8 Å². The van der Waals surface area contributed by atoms with Crippen LogP contribution >= 0.6 is 0 Å². The fourth-order valence-corrected chi connectivity index (χ4v) is 3.71. The minimum Gasteiger partial charge on any atom is -0.497 e. The first kappa shape index (κ1) is 20.3. The highest BCUT2D eigenvalue weighted by molar-refractivity contribution is 6.01. The number of nitrogen functional groups attached to an aromatic ring is 1. The number of benzene rings is 3. The molecule has 1 amide bonds. The SMILES string of the molecule is CCn1c(-c2ccc(NC(=O)OCc3ccccc3)cc2)c(N)c2ccc(OC)cc21. The van der Waals surface area contributed by atoms with Crippen molar-refractivity contribution in [2.45, 2.75) is 20.1 Å². The van der Waals surface area contributed by atoms with E-state index in [1.54, 1.807) is 7.11 Å². The highest BCUT2D eigenvalue weighted by Crippen LogP contribution is 2.37. The predicted molar refractivity (Wildman–Crippen MR) is 124 cm³/mol. The molecular weight excluding hydrogens is 390 g/mol. The summed E-state index contributed by atoms with van der Waals surface area (Å²) in [6.07, 6.45) is -0.495. The molecule has 3 N–H and O–H groups in total. The molecule has 0 unspecified atom stereocenters. The maximum absolute atomic E-state index is 12.1. The average molecular weight is 415 g/mol. The number of amides is 1. The molecule has 0 spiro atoms. The summed E-state index contributed by atoms with van der Waals surface area (Å²) in [6, 6.07) is 23.0. The molecule has 0 saturated carbocycles. The van der Waals surface area contributed by atoms with E-state index in [0.29, 0.717) is 5.69 Å². The number of hydrogen-bond donors (Lipinski definition) is 2. The minimum atomic E-state index is -0.495. The van der Waals surface area contributed by atoms with Crippen LogP contribution in [-0.4, -0.2) is 17.8 Å². The lowest BCUT2D eigenvalue weighted by atomic mass is 10.1. The van der Waals surface area contributed by atoms with Gasteiger partial charge in [0.15, 0.2) is 0 Å². The van der Waals surface area contributed by atoms with Gasteiger partial charge in [-0.2, -0.15) is 0 Å². The molecule has 0 saturated heterocycles. The Morgan fingerprint density at radius 1 is 1.03 bits per heavy atom. The maximum atomic E-state index is 12.1. The number of fused-ring (bicyclic) bond motifs is 1. The summed E-state index contributed by atoms with van der Waals surface area (Å²) >= 11 is 0. The first-order valence-corrected chi connectivity index (χ1v) is 10.1. The molecule has 31 heavy (non-hydrogen) atoms. The van der Waals surface area contributed by atoms with Crippen molar-refractivity contribution < 1.29 is 14.3 Å². The number of aryl methyl sites for hydroxylation is 1. The third kappa shape index (κ3) is 4.19. The van der Waals surface area contributed by atoms with Crippen molar-refractivity contribution in [3.05, 3.63) is 78.4 Å². The van der Waals surface area contributed by atoms with Crippen LogP contribution in [0.1, 0.15) is 12.5 Å². The molecule has 158 valence electrons. The number of nitrogens with one attached hydrogen (secondary N) is 1. The summed E-state index contributed by atoms with van der Waals surface area (Å²) in [7, 11) is 1.65. The van der Waals surface area contributed by atoms with E-state index in [-0.39, 0.29) is 6.61 Å². The third-order valence-corrected chi connectivity index (χ3v) is 5.24. The van der Waals surface area contributed by atoms with E-state index in [2.05, 4.69) is 16.8 Å². The minimum absolute atomic E-state index is 0.224. The van der Waals surface area contributed by atoms with Crippen LogP contribution in [0.15, 0.2) is 72.8 Å². The van der Waals surface area contributed by atoms with Crippen molar-refractivity contribution in [1.82, 2.24) is 4.57 Å². The molecule has 4 rings (SSSR count). The van der Waals surface area contributed by atoms with Crippen LogP contribution in [0.4, 0.5) is 16.2 Å². The molecule has 0 radical (unpaired) electrons. The number of ether oxygens (including phenoxy) is 2. The van der Waals surface area contributed by atoms with Gasteiger partial charge in [0.05, 0.1) is 24.0 Å². The van der Waals surface area contributed by atoms with Crippen LogP contribution in [0, 0.1) is 0 Å². The van der Waals surface area contributed by atoms with E-state index in [9.17, 15) is 4.79 Å². The first-order valence-electron chi connectivity index (χ1n) is 10.1. The lowest BCUT2D eigenvalue weighted by Gasteiger charge is -2.11. The summed E-state index contributed by atoms with van der Waals surface area (Å²) in [4.78, 5) is 12.1. The second-order valence-electron chi connectivity index (χ2n) is 7.15. The van der Waals surface area contributed by atoms with Gasteiger partial charge in [-0.3, -0.25) is 5.32 Å². The average Bonchev–Trinajstić information content (AvgIpc) is 3.09. The number of hydrogen-bond acceptors (Lipinski definition) is 4. The Hall–Kier alpha value is -3.93. The second kappa shape index (κ2) is 8.83. The predicted octanol–water partition coefficient (Wildman–Crippen LogP) is 5.67. The van der Waals surface area contributed by atoms with Gasteiger partial charge in [0.2, 0.25) is 0 Å². The van der Waals surface area contributed by atoms with Crippen LogP contribution in [0.5, 0.6) is 5.75 Å². The standard InChI is InChI=1S/C25H25N3O3/c1-3-28-22-15-20(30-2)13-14-21(22)23(26)24(28)18-9-11-19(12-10-18)27-25(29)31-16-17-7-5-4-6-8-17/h4-15H,3,16,26H2,1-2H3,(H,27,29). The molecule has 0 aliphatic carbocycles. The summed E-state index contributed by atoms with van der Waals surface area (Å²) in [5.41, 5.74) is 11.8. The number of rotatable bonds is 6. The number of carbonyl (C=O) groups excluding carboxylic acids is 1. The van der Waals surface area contributed by atoms with Gasteiger partial charge in [-0.1, -0.05) is 42.5 Å². The molecular formula is C25H25N3O3. The largest absolute Gasteiger partial charge is 0.497 e. The molecule has 6 nitrogen and oxygen atoms in total. The monoisotopic (exact) mass is 415 g/mol. The number of aromatic nitrogens is 1. The molecule has 6 heteroatoms. The Morgan fingerprint density at radius 2 is 1.77 bits per heavy atom. The molecule has 3 aromatic carbocycles. The molecule has 0 fully saturated rings. The van der Waals surface area contributed by atoms with Gasteiger partial charge in [0, 0.05) is 29.2 Å². The molecule has 4 aromatic rings. The number of anilines is 2. The van der Waals surface area contributed by atoms with E-state index in [4.69, 9.17) is 15.2 Å². The number of methoxy groups -OCH3 is 1. The van der Waals surface area contributed by atoms with Crippen LogP contribution in [0.25, 0.3) is 22.2 Å². The van der Waals surface area contributed by atoms with Crippen molar-refractivity contribution in [3.63, 3.8) is 0 Å². The lowest BCUT2D eigenvalue weighted by molar-refractivity contribution is 0.155. The normalized spacial score (nSPS) is 10.8. The van der Waals surface area contributed by atoms with Gasteiger partial charge in [-0.05, 0) is 36.8 Å². The molecule has 0 aliphatic rings. The van der Waals surface area contributed by atoms with Crippen LogP contribution in [-0.2, 0) is 17.9 Å². The zero-order chi connectivity index (χ0) is 21.8. The molecule has 0 aliphatic heterocycles. The van der Waals surface area contributed by atoms with Crippen LogP contribution in [0.3, 0.4) is 0 Å². The number of nitrogens with two attached hydrogens (primary N) is 1. The molecule has 0 bridgehead atoms. The Morgan fingerprint density at radius 3 is 2.45 bits per heavy atom. The highest BCUT2D eigenvalue weighted by Gasteiger charge is 2.16. The van der Waals surface area contributed by atoms with Crippen molar-refractivity contribution >= 4 is 28.4 Å². The van der Waals surface area contributed by atoms with Gasteiger partial charge in [-0.15, -0.1) is 0 Å². The van der Waals surface area contributed by atoms with Gasteiger partial charge in [0.1, 0.15) is 12.4 Å². The second-order valence-corrected chi connectivity index (χ2v) is 7.15. The first-order chi connectivity index (χ1) is 15.1. The molecule has 1 heterocycles. The zero-order valence-electron chi connectivity index (χ0n) is 17.6. The smallest absolute Gasteiger partial charge is 0.411 e. The lowest BCUT2D eigenvalue weighted by Crippen LogP contribution is -2.13. The Balaban J connectivity index is 1.53. The fourth-order valence-electron chi connectivity index (χ4n) is 3.71. The van der Waals surface area contributed by atoms with Crippen LogP contribution in [0.2, 0.25) is 0 Å². The number of nitrogens with zero attached hydrogens (tertiary/aromatic N) is 1. The van der Waals surface area contributed by atoms with Gasteiger partial charge in [-0.25, -0.2) is 4.79 Å². The van der Waals surface area contributed by atoms with E-state index in [1.165, 1.54) is 0 Å². The summed E-state index contributed by atoms with van der Waals surface area (Å²) in [5.74, 6) is 0.791. The fraction of sp³-hybridized carbons (Fsp3) is 0.160. The third-order valence-electron chi connectivity index (χ3n) is 5.24. The highest BCUT2D eigenvalue weighted by atomic mass is 16.5. The summed E-state index contributed by atoms with van der Waals surface area (Å²) < 4.78 is 12.8. The zero-order valence-corrected chi connectivity index (χ0v) is 17.6.